The van der Waals surface area contributed by atoms with Gasteiger partial charge in [0, 0.05) is 25.6 Å². The highest BCUT2D eigenvalue weighted by atomic mass is 15.1. The minimum atomic E-state index is 0.352. The average molecular weight is 217 g/mol. The normalized spacial score (nSPS) is 20.7. The molecule has 5 heteroatoms. The van der Waals surface area contributed by atoms with E-state index in [1.807, 2.05) is 0 Å². The first-order valence-electron chi connectivity index (χ1n) is 5.38. The molecule has 1 aliphatic heterocycles. The van der Waals surface area contributed by atoms with Crippen LogP contribution in [0, 0.1) is 11.3 Å². The lowest BCUT2D eigenvalue weighted by atomic mass is 10.1. The third-order valence-electron chi connectivity index (χ3n) is 2.87. The fourth-order valence-electron chi connectivity index (χ4n) is 1.98. The molecule has 0 radical (unpaired) electrons. The van der Waals surface area contributed by atoms with Gasteiger partial charge >= 0.3 is 0 Å². The number of nitrogens with one attached hydrogen (secondary N) is 1. The van der Waals surface area contributed by atoms with E-state index in [9.17, 15) is 0 Å². The van der Waals surface area contributed by atoms with E-state index in [4.69, 9.17) is 5.26 Å². The van der Waals surface area contributed by atoms with Crippen LogP contribution in [0.25, 0.3) is 0 Å². The third kappa shape index (κ3) is 2.12. The zero-order valence-corrected chi connectivity index (χ0v) is 9.56. The number of aromatic nitrogens is 2. The minimum Gasteiger partial charge on any atom is -0.373 e. The lowest BCUT2D eigenvalue weighted by Crippen LogP contribution is -2.15. The van der Waals surface area contributed by atoms with Gasteiger partial charge in [0.2, 0.25) is 0 Å². The summed E-state index contributed by atoms with van der Waals surface area (Å²) in [6, 6.07) is 3.74. The minimum absolute atomic E-state index is 0.352. The molecular weight excluding hydrogens is 202 g/mol. The molecule has 1 saturated heterocycles. The largest absolute Gasteiger partial charge is 0.373 e. The highest BCUT2D eigenvalue weighted by molar-refractivity contribution is 5.39. The molecule has 5 nitrogen and oxygen atoms in total. The van der Waals surface area contributed by atoms with Gasteiger partial charge in [-0.3, -0.25) is 0 Å². The van der Waals surface area contributed by atoms with Crippen LogP contribution in [0.1, 0.15) is 23.9 Å². The van der Waals surface area contributed by atoms with Gasteiger partial charge in [-0.1, -0.05) is 0 Å². The van der Waals surface area contributed by atoms with Crippen molar-refractivity contribution in [3.63, 3.8) is 0 Å². The molecule has 0 saturated carbocycles. The van der Waals surface area contributed by atoms with Crippen LogP contribution in [0.15, 0.2) is 6.07 Å². The van der Waals surface area contributed by atoms with Crippen molar-refractivity contribution < 1.29 is 0 Å². The number of likely N-dealkylation sites (N-methyl/N-ethyl adjacent to an activating group) is 1. The van der Waals surface area contributed by atoms with Gasteiger partial charge in [0.05, 0.1) is 0 Å². The van der Waals surface area contributed by atoms with Gasteiger partial charge in [0.15, 0.2) is 0 Å². The highest BCUT2D eigenvalue weighted by Crippen LogP contribution is 2.24. The topological polar surface area (TPSA) is 64.8 Å². The van der Waals surface area contributed by atoms with E-state index in [2.05, 4.69) is 33.3 Å². The van der Waals surface area contributed by atoms with E-state index in [0.29, 0.717) is 11.6 Å². The summed E-state index contributed by atoms with van der Waals surface area (Å²) in [6.07, 6.45) is 1.06. The van der Waals surface area contributed by atoms with Gasteiger partial charge in [-0.05, 0) is 20.0 Å². The molecule has 2 rings (SSSR count). The lowest BCUT2D eigenvalue weighted by Gasteiger charge is -2.10. The maximum atomic E-state index is 8.90. The Morgan fingerprint density at radius 2 is 2.38 bits per heavy atom. The van der Waals surface area contributed by atoms with Crippen LogP contribution in [-0.4, -0.2) is 42.1 Å². The zero-order chi connectivity index (χ0) is 11.5. The van der Waals surface area contributed by atoms with Crippen molar-refractivity contribution >= 4 is 5.82 Å². The van der Waals surface area contributed by atoms with Crippen LogP contribution in [0.3, 0.4) is 0 Å². The quantitative estimate of drug-likeness (QED) is 0.794. The van der Waals surface area contributed by atoms with Crippen molar-refractivity contribution in [2.75, 3.05) is 32.5 Å². The van der Waals surface area contributed by atoms with Crippen molar-refractivity contribution in [3.05, 3.63) is 17.6 Å². The maximum absolute atomic E-state index is 8.90. The van der Waals surface area contributed by atoms with Gasteiger partial charge in [-0.25, -0.2) is 9.97 Å². The summed E-state index contributed by atoms with van der Waals surface area (Å²) in [4.78, 5) is 10.9. The molecule has 1 aromatic heterocycles. The van der Waals surface area contributed by atoms with Crippen LogP contribution < -0.4 is 5.32 Å². The molecule has 84 valence electrons. The van der Waals surface area contributed by atoms with Crippen molar-refractivity contribution in [1.29, 1.82) is 5.26 Å². The van der Waals surface area contributed by atoms with Gasteiger partial charge in [-0.2, -0.15) is 5.26 Å². The third-order valence-corrected chi connectivity index (χ3v) is 2.87. The molecule has 1 aromatic rings. The standard InChI is InChI=1S/C11H15N5/c1-13-10-5-9(6-12)14-11(15-10)8-3-4-16(2)7-8/h5,8H,3-4,7H2,1-2H3,(H,13,14,15). The predicted molar refractivity (Wildman–Crippen MR) is 61.1 cm³/mol. The van der Waals surface area contributed by atoms with E-state index in [1.165, 1.54) is 0 Å². The molecule has 0 spiro atoms. The molecule has 2 heterocycles. The second-order valence-electron chi connectivity index (χ2n) is 4.11. The summed E-state index contributed by atoms with van der Waals surface area (Å²) in [5, 5.41) is 11.9. The van der Waals surface area contributed by atoms with Gasteiger partial charge in [0.25, 0.3) is 0 Å². The first-order valence-corrected chi connectivity index (χ1v) is 5.38. The van der Waals surface area contributed by atoms with E-state index in [1.54, 1.807) is 13.1 Å². The fraction of sp³-hybridized carbons (Fsp3) is 0.545. The van der Waals surface area contributed by atoms with E-state index < -0.39 is 0 Å². The zero-order valence-electron chi connectivity index (χ0n) is 9.56. The van der Waals surface area contributed by atoms with Crippen LogP contribution >= 0.6 is 0 Å². The first-order chi connectivity index (χ1) is 7.72. The second kappa shape index (κ2) is 4.45. The molecular formula is C11H15N5. The van der Waals surface area contributed by atoms with Gasteiger partial charge in [-0.15, -0.1) is 0 Å². The Labute approximate surface area is 95.1 Å². The van der Waals surface area contributed by atoms with Crippen molar-refractivity contribution in [2.24, 2.45) is 0 Å². The second-order valence-corrected chi connectivity index (χ2v) is 4.11. The number of likely N-dealkylation sites (tertiary alicyclic amines) is 1. The SMILES string of the molecule is CNc1cc(C#N)nc(C2CCN(C)C2)n1. The molecule has 0 bridgehead atoms. The summed E-state index contributed by atoms with van der Waals surface area (Å²) in [7, 11) is 3.89. The molecule has 1 fully saturated rings. The van der Waals surface area contributed by atoms with Crippen molar-refractivity contribution in [3.8, 4) is 6.07 Å². The predicted octanol–water partition coefficient (Wildman–Crippen LogP) is 0.809. The fourth-order valence-corrected chi connectivity index (χ4v) is 1.98. The molecule has 16 heavy (non-hydrogen) atoms. The summed E-state index contributed by atoms with van der Waals surface area (Å²) in [5.41, 5.74) is 0.434. The molecule has 0 aliphatic carbocycles. The Bertz CT molecular complexity index is 423. The number of rotatable bonds is 2. The Morgan fingerprint density at radius 3 is 2.94 bits per heavy atom. The van der Waals surface area contributed by atoms with Crippen LogP contribution in [-0.2, 0) is 0 Å². The molecule has 1 aliphatic rings. The monoisotopic (exact) mass is 217 g/mol. The van der Waals surface area contributed by atoms with Crippen LogP contribution in [0.4, 0.5) is 5.82 Å². The number of nitriles is 1. The van der Waals surface area contributed by atoms with E-state index in [-0.39, 0.29) is 0 Å². The van der Waals surface area contributed by atoms with Crippen LogP contribution in [0.5, 0.6) is 0 Å². The van der Waals surface area contributed by atoms with Gasteiger partial charge in [0.1, 0.15) is 23.4 Å². The Hall–Kier alpha value is -1.67. The Kier molecular flexibility index (Phi) is 3.02. The van der Waals surface area contributed by atoms with Crippen molar-refractivity contribution in [2.45, 2.75) is 12.3 Å². The van der Waals surface area contributed by atoms with Crippen molar-refractivity contribution in [1.82, 2.24) is 14.9 Å². The molecule has 1 unspecified atom stereocenters. The lowest BCUT2D eigenvalue weighted by molar-refractivity contribution is 0.409. The number of nitrogens with zero attached hydrogens (tertiary/aromatic N) is 4. The molecule has 0 aromatic carbocycles. The Morgan fingerprint density at radius 1 is 1.56 bits per heavy atom. The smallest absolute Gasteiger partial charge is 0.146 e. The molecule has 1 atom stereocenters. The Balaban J connectivity index is 2.30. The summed E-state index contributed by atoms with van der Waals surface area (Å²) < 4.78 is 0. The number of anilines is 1. The van der Waals surface area contributed by atoms with Gasteiger partial charge < -0.3 is 10.2 Å². The highest BCUT2D eigenvalue weighted by Gasteiger charge is 2.24. The summed E-state index contributed by atoms with van der Waals surface area (Å²) in [5.74, 6) is 1.86. The van der Waals surface area contributed by atoms with Crippen LogP contribution in [0.2, 0.25) is 0 Å². The maximum Gasteiger partial charge on any atom is 0.146 e. The first kappa shape index (κ1) is 10.8. The summed E-state index contributed by atoms with van der Waals surface area (Å²) in [6.45, 7) is 2.04. The average Bonchev–Trinajstić information content (AvgIpc) is 2.75. The molecule has 1 N–H and O–H groups in total. The number of hydrogen-bond acceptors (Lipinski definition) is 5. The summed E-state index contributed by atoms with van der Waals surface area (Å²) >= 11 is 0. The van der Waals surface area contributed by atoms with E-state index >= 15 is 0 Å². The molecule has 0 amide bonds. The number of hydrogen-bond donors (Lipinski definition) is 1. The van der Waals surface area contributed by atoms with E-state index in [0.717, 1.165) is 31.2 Å².